The second-order valence-electron chi connectivity index (χ2n) is 7.94. The Morgan fingerprint density at radius 3 is 2.66 bits per heavy atom. The molecule has 2 amide bonds. The van der Waals surface area contributed by atoms with Crippen LogP contribution in [0.15, 0.2) is 18.3 Å². The van der Waals surface area contributed by atoms with E-state index in [-0.39, 0.29) is 22.7 Å². The number of nitrogens with zero attached hydrogens (tertiary/aromatic N) is 3. The summed E-state index contributed by atoms with van der Waals surface area (Å²) < 4.78 is 38.0. The highest BCUT2D eigenvalue weighted by atomic mass is 32.2. The second kappa shape index (κ2) is 7.37. The van der Waals surface area contributed by atoms with Crippen LogP contribution < -0.4 is 10.2 Å². The number of amides is 2. The third-order valence-corrected chi connectivity index (χ3v) is 7.49. The van der Waals surface area contributed by atoms with Crippen molar-refractivity contribution in [3.8, 4) is 0 Å². The number of halogens is 3. The first kappa shape index (κ1) is 20.3. The maximum absolute atomic E-state index is 12.8. The van der Waals surface area contributed by atoms with Crippen LogP contribution in [-0.4, -0.2) is 57.5 Å². The van der Waals surface area contributed by atoms with E-state index in [9.17, 15) is 22.8 Å². The van der Waals surface area contributed by atoms with E-state index >= 15 is 0 Å². The van der Waals surface area contributed by atoms with E-state index in [1.54, 1.807) is 16.7 Å². The van der Waals surface area contributed by atoms with E-state index in [0.29, 0.717) is 43.9 Å². The Morgan fingerprint density at radius 2 is 2.03 bits per heavy atom. The first-order chi connectivity index (χ1) is 13.7. The predicted molar refractivity (Wildman–Crippen MR) is 103 cm³/mol. The summed E-state index contributed by atoms with van der Waals surface area (Å²) in [6, 6.07) is 1.99. The molecule has 29 heavy (non-hydrogen) atoms. The molecule has 0 aliphatic carbocycles. The molecule has 1 aromatic heterocycles. The SMILES string of the molecule is C[C@]12CCC(=O)N1[C@@H](C(=O)NC1CCN(c3ccc(C(F)(F)F)cn3)CC1)CS2. The van der Waals surface area contributed by atoms with Gasteiger partial charge in [0, 0.05) is 37.5 Å². The third-order valence-electron chi connectivity index (χ3n) is 5.99. The number of hydrogen-bond acceptors (Lipinski definition) is 5. The lowest BCUT2D eigenvalue weighted by molar-refractivity contribution is -0.138. The van der Waals surface area contributed by atoms with Gasteiger partial charge in [0.2, 0.25) is 11.8 Å². The molecule has 158 valence electrons. The van der Waals surface area contributed by atoms with Crippen LogP contribution in [-0.2, 0) is 15.8 Å². The van der Waals surface area contributed by atoms with Crippen LogP contribution in [0.1, 0.15) is 38.2 Å². The number of alkyl halides is 3. The van der Waals surface area contributed by atoms with Gasteiger partial charge in [0.1, 0.15) is 11.9 Å². The Labute approximate surface area is 171 Å². The highest BCUT2D eigenvalue weighted by Crippen LogP contribution is 2.47. The van der Waals surface area contributed by atoms with Gasteiger partial charge in [0.05, 0.1) is 10.4 Å². The molecule has 1 N–H and O–H groups in total. The molecular weight excluding hydrogens is 405 g/mol. The highest BCUT2D eigenvalue weighted by molar-refractivity contribution is 8.01. The number of carbonyl (C=O) groups is 2. The van der Waals surface area contributed by atoms with Crippen molar-refractivity contribution in [3.63, 3.8) is 0 Å². The number of anilines is 1. The molecule has 4 heterocycles. The fraction of sp³-hybridized carbons (Fsp3) is 0.632. The van der Waals surface area contributed by atoms with Gasteiger partial charge in [-0.05, 0) is 38.3 Å². The summed E-state index contributed by atoms with van der Waals surface area (Å²) in [5.74, 6) is 1.05. The maximum atomic E-state index is 12.8. The average molecular weight is 428 g/mol. The lowest BCUT2D eigenvalue weighted by Gasteiger charge is -2.35. The van der Waals surface area contributed by atoms with Gasteiger partial charge >= 0.3 is 6.18 Å². The minimum atomic E-state index is -4.39. The van der Waals surface area contributed by atoms with Crippen LogP contribution in [0.3, 0.4) is 0 Å². The molecule has 0 aromatic carbocycles. The fourth-order valence-corrected chi connectivity index (χ4v) is 5.74. The largest absolute Gasteiger partial charge is 0.417 e. The number of aromatic nitrogens is 1. The maximum Gasteiger partial charge on any atom is 0.417 e. The van der Waals surface area contributed by atoms with E-state index in [1.807, 2.05) is 11.8 Å². The Bertz CT molecular complexity index is 796. The number of carbonyl (C=O) groups excluding carboxylic acids is 2. The lowest BCUT2D eigenvalue weighted by Crippen LogP contribution is -2.53. The normalized spacial score (nSPS) is 28.0. The van der Waals surface area contributed by atoms with Crippen LogP contribution in [0.2, 0.25) is 0 Å². The van der Waals surface area contributed by atoms with E-state index in [0.717, 1.165) is 18.7 Å². The molecule has 0 unspecified atom stereocenters. The molecule has 3 aliphatic heterocycles. The minimum absolute atomic E-state index is 0.0113. The molecule has 2 atom stereocenters. The summed E-state index contributed by atoms with van der Waals surface area (Å²) >= 11 is 1.67. The zero-order valence-corrected chi connectivity index (χ0v) is 16.9. The molecule has 0 saturated carbocycles. The van der Waals surface area contributed by atoms with Crippen LogP contribution >= 0.6 is 11.8 Å². The van der Waals surface area contributed by atoms with Gasteiger partial charge in [0.15, 0.2) is 0 Å². The average Bonchev–Trinajstić information content (AvgIpc) is 3.18. The van der Waals surface area contributed by atoms with Crippen LogP contribution in [0, 0.1) is 0 Å². The monoisotopic (exact) mass is 428 g/mol. The zero-order chi connectivity index (χ0) is 20.8. The molecule has 10 heteroatoms. The van der Waals surface area contributed by atoms with Crippen molar-refractivity contribution in [1.29, 1.82) is 0 Å². The predicted octanol–water partition coefficient (Wildman–Crippen LogP) is 2.64. The molecule has 3 aliphatic rings. The van der Waals surface area contributed by atoms with Gasteiger partial charge in [-0.15, -0.1) is 11.8 Å². The topological polar surface area (TPSA) is 65.5 Å². The van der Waals surface area contributed by atoms with E-state index in [4.69, 9.17) is 0 Å². The molecular formula is C19H23F3N4O2S. The smallest absolute Gasteiger partial charge is 0.356 e. The number of thioether (sulfide) groups is 1. The number of piperidine rings is 1. The molecule has 6 nitrogen and oxygen atoms in total. The second-order valence-corrected chi connectivity index (χ2v) is 9.44. The summed E-state index contributed by atoms with van der Waals surface area (Å²) in [5.41, 5.74) is -0.763. The van der Waals surface area contributed by atoms with Crippen molar-refractivity contribution in [2.45, 2.75) is 55.7 Å². The van der Waals surface area contributed by atoms with Gasteiger partial charge < -0.3 is 15.1 Å². The number of pyridine rings is 1. The Hall–Kier alpha value is -1.97. The first-order valence-electron chi connectivity index (χ1n) is 9.72. The summed E-state index contributed by atoms with van der Waals surface area (Å²) in [7, 11) is 0. The van der Waals surface area contributed by atoms with Crippen molar-refractivity contribution in [3.05, 3.63) is 23.9 Å². The van der Waals surface area contributed by atoms with Crippen LogP contribution in [0.4, 0.5) is 19.0 Å². The van der Waals surface area contributed by atoms with E-state index in [1.165, 1.54) is 6.07 Å². The Balaban J connectivity index is 1.31. The van der Waals surface area contributed by atoms with E-state index < -0.39 is 17.8 Å². The van der Waals surface area contributed by atoms with Crippen molar-refractivity contribution in [2.75, 3.05) is 23.7 Å². The van der Waals surface area contributed by atoms with Crippen LogP contribution in [0.5, 0.6) is 0 Å². The summed E-state index contributed by atoms with van der Waals surface area (Å²) in [4.78, 5) is 32.3. The quantitative estimate of drug-likeness (QED) is 0.802. The number of fused-ring (bicyclic) bond motifs is 1. The highest BCUT2D eigenvalue weighted by Gasteiger charge is 2.53. The molecule has 1 aromatic rings. The molecule has 3 saturated heterocycles. The third kappa shape index (κ3) is 3.91. The van der Waals surface area contributed by atoms with Gasteiger partial charge in [-0.1, -0.05) is 0 Å². The minimum Gasteiger partial charge on any atom is -0.356 e. The van der Waals surface area contributed by atoms with Crippen molar-refractivity contribution >= 4 is 29.4 Å². The first-order valence-corrected chi connectivity index (χ1v) is 10.7. The fourth-order valence-electron chi connectivity index (χ4n) is 4.31. The van der Waals surface area contributed by atoms with Crippen molar-refractivity contribution in [2.24, 2.45) is 0 Å². The zero-order valence-electron chi connectivity index (χ0n) is 16.0. The molecule has 0 bridgehead atoms. The lowest BCUT2D eigenvalue weighted by atomic mass is 10.0. The molecule has 0 spiro atoms. The Kier molecular flexibility index (Phi) is 5.16. The van der Waals surface area contributed by atoms with Gasteiger partial charge in [-0.25, -0.2) is 4.98 Å². The molecule has 0 radical (unpaired) electrons. The number of hydrogen-bond donors (Lipinski definition) is 1. The van der Waals surface area contributed by atoms with E-state index in [2.05, 4.69) is 10.3 Å². The number of nitrogens with one attached hydrogen (secondary N) is 1. The van der Waals surface area contributed by atoms with Crippen molar-refractivity contribution in [1.82, 2.24) is 15.2 Å². The Morgan fingerprint density at radius 1 is 1.31 bits per heavy atom. The van der Waals surface area contributed by atoms with Gasteiger partial charge in [-0.2, -0.15) is 13.2 Å². The summed E-state index contributed by atoms with van der Waals surface area (Å²) in [6.07, 6.45) is -0.914. The summed E-state index contributed by atoms with van der Waals surface area (Å²) in [5, 5.41) is 3.07. The number of rotatable bonds is 3. The van der Waals surface area contributed by atoms with Gasteiger partial charge in [-0.3, -0.25) is 9.59 Å². The molecule has 3 fully saturated rings. The standard InChI is InChI=1S/C19H23F3N4O2S/c1-18-7-4-16(27)26(18)14(11-29-18)17(28)24-13-5-8-25(9-6-13)15-3-2-12(10-23-15)19(20,21)22/h2-3,10,13-14H,4-9,11H2,1H3,(H,24,28)/t14-,18+/m1/s1. The van der Waals surface area contributed by atoms with Crippen molar-refractivity contribution < 1.29 is 22.8 Å². The summed E-state index contributed by atoms with van der Waals surface area (Å²) in [6.45, 7) is 3.22. The van der Waals surface area contributed by atoms with Gasteiger partial charge in [0.25, 0.3) is 0 Å². The molecule has 4 rings (SSSR count). The van der Waals surface area contributed by atoms with Crippen LogP contribution in [0.25, 0.3) is 0 Å².